The number of benzene rings is 3. The molecule has 3 aliphatic rings. The Morgan fingerprint density at radius 1 is 0.919 bits per heavy atom. The number of fused-ring (bicyclic) bond motifs is 1. The van der Waals surface area contributed by atoms with Crippen LogP contribution in [0.15, 0.2) is 71.6 Å². The number of hydrogen-bond donors (Lipinski definition) is 0. The molecule has 9 heteroatoms. The lowest BCUT2D eigenvalue weighted by Crippen LogP contribution is -2.27. The SMILES string of the molecule is O.O=C(Cc1cccc(-c2ccc(S(=O)N3CCC(F)(F)C3)cc2)c1)C1(c2ccc3c(c2)OCO3)CC1. The molecule has 3 aromatic rings. The zero-order valence-electron chi connectivity index (χ0n) is 20.0. The summed E-state index contributed by atoms with van der Waals surface area (Å²) in [5.74, 6) is -1.19. The smallest absolute Gasteiger partial charge is 0.262 e. The molecule has 1 atom stereocenters. The second kappa shape index (κ2) is 9.63. The Kier molecular flexibility index (Phi) is 6.64. The third-order valence-electron chi connectivity index (χ3n) is 7.26. The van der Waals surface area contributed by atoms with Crippen LogP contribution in [0.1, 0.15) is 30.4 Å². The molecule has 0 radical (unpaired) electrons. The summed E-state index contributed by atoms with van der Waals surface area (Å²) in [6.07, 6.45) is 1.71. The fraction of sp³-hybridized carbons (Fsp3) is 0.321. The Bertz CT molecular complexity index is 1360. The normalized spacial score (nSPS) is 19.7. The van der Waals surface area contributed by atoms with E-state index in [1.165, 1.54) is 4.31 Å². The average Bonchev–Trinajstić information content (AvgIpc) is 3.43. The number of ketones is 1. The van der Waals surface area contributed by atoms with Crippen molar-refractivity contribution in [3.8, 4) is 22.6 Å². The molecule has 1 aliphatic carbocycles. The van der Waals surface area contributed by atoms with E-state index in [1.807, 2.05) is 54.6 Å². The van der Waals surface area contributed by atoms with E-state index in [0.29, 0.717) is 22.8 Å². The van der Waals surface area contributed by atoms with Gasteiger partial charge in [-0.3, -0.25) is 4.79 Å². The average molecular weight is 528 g/mol. The van der Waals surface area contributed by atoms with Crippen molar-refractivity contribution in [2.75, 3.05) is 19.9 Å². The zero-order chi connectivity index (χ0) is 24.9. The number of halogens is 2. The molecule has 37 heavy (non-hydrogen) atoms. The van der Waals surface area contributed by atoms with Gasteiger partial charge in [0.05, 0.1) is 16.9 Å². The lowest BCUT2D eigenvalue weighted by atomic mass is 9.87. The van der Waals surface area contributed by atoms with E-state index >= 15 is 0 Å². The highest BCUT2D eigenvalue weighted by molar-refractivity contribution is 7.82. The Morgan fingerprint density at radius 2 is 1.68 bits per heavy atom. The van der Waals surface area contributed by atoms with Gasteiger partial charge in [0.2, 0.25) is 6.79 Å². The fourth-order valence-corrected chi connectivity index (χ4v) is 6.25. The molecular formula is C28H27F2NO5S. The van der Waals surface area contributed by atoms with Gasteiger partial charge in [0.15, 0.2) is 11.5 Å². The molecule has 0 amide bonds. The minimum atomic E-state index is -2.78. The van der Waals surface area contributed by atoms with Crippen LogP contribution < -0.4 is 9.47 Å². The van der Waals surface area contributed by atoms with Crippen molar-refractivity contribution >= 4 is 16.8 Å². The molecule has 6 rings (SSSR count). The van der Waals surface area contributed by atoms with E-state index in [2.05, 4.69) is 0 Å². The van der Waals surface area contributed by atoms with E-state index in [-0.39, 0.29) is 31.0 Å². The van der Waals surface area contributed by atoms with Crippen LogP contribution in [-0.4, -0.2) is 45.6 Å². The van der Waals surface area contributed by atoms with Crippen molar-refractivity contribution in [1.82, 2.24) is 4.31 Å². The van der Waals surface area contributed by atoms with Crippen molar-refractivity contribution in [3.63, 3.8) is 0 Å². The molecule has 1 saturated heterocycles. The summed E-state index contributed by atoms with van der Waals surface area (Å²) in [5.41, 5.74) is 3.30. The van der Waals surface area contributed by atoms with Crippen LogP contribution in [-0.2, 0) is 27.6 Å². The molecule has 194 valence electrons. The van der Waals surface area contributed by atoms with Gasteiger partial charge in [0.25, 0.3) is 5.92 Å². The molecule has 6 nitrogen and oxygen atoms in total. The molecule has 2 aliphatic heterocycles. The van der Waals surface area contributed by atoms with Gasteiger partial charge >= 0.3 is 0 Å². The summed E-state index contributed by atoms with van der Waals surface area (Å²) in [4.78, 5) is 13.9. The molecule has 0 bridgehead atoms. The van der Waals surface area contributed by atoms with Crippen LogP contribution in [0.2, 0.25) is 0 Å². The number of rotatable bonds is 7. The molecule has 3 aromatic carbocycles. The molecule has 2 heterocycles. The van der Waals surface area contributed by atoms with Crippen molar-refractivity contribution in [1.29, 1.82) is 0 Å². The zero-order valence-corrected chi connectivity index (χ0v) is 20.9. The number of nitrogens with zero attached hydrogens (tertiary/aromatic N) is 1. The van der Waals surface area contributed by atoms with Gasteiger partial charge in [0, 0.05) is 19.4 Å². The Balaban J connectivity index is 0.00000280. The number of alkyl halides is 2. The largest absolute Gasteiger partial charge is 0.454 e. The first-order chi connectivity index (χ1) is 17.3. The standard InChI is InChI=1S/C28H25F2NO4S.H2O/c29-28(30)12-13-31(17-28)36(33)23-7-4-20(5-8-23)21-3-1-2-19(14-21)15-26(32)27(10-11-27)22-6-9-24-25(16-22)35-18-34-24;/h1-9,14,16H,10-13,15,17-18H2;1H2. The van der Waals surface area contributed by atoms with Crippen LogP contribution in [0.4, 0.5) is 8.78 Å². The lowest BCUT2D eigenvalue weighted by Gasteiger charge is -2.16. The first-order valence-electron chi connectivity index (χ1n) is 12.0. The highest BCUT2D eigenvalue weighted by atomic mass is 32.2. The number of hydrogen-bond acceptors (Lipinski definition) is 4. The van der Waals surface area contributed by atoms with Crippen LogP contribution in [0.25, 0.3) is 11.1 Å². The molecule has 1 saturated carbocycles. The summed E-state index contributed by atoms with van der Waals surface area (Å²) < 4.78 is 51.9. The fourth-order valence-electron chi connectivity index (χ4n) is 5.02. The molecule has 1 unspecified atom stereocenters. The highest BCUT2D eigenvalue weighted by Crippen LogP contribution is 2.51. The maximum Gasteiger partial charge on any atom is 0.262 e. The first-order valence-corrected chi connectivity index (χ1v) is 13.1. The van der Waals surface area contributed by atoms with E-state index in [4.69, 9.17) is 9.47 Å². The first kappa shape index (κ1) is 25.5. The second-order valence-corrected chi connectivity index (χ2v) is 11.2. The summed E-state index contributed by atoms with van der Waals surface area (Å²) >= 11 is 0. The van der Waals surface area contributed by atoms with Gasteiger partial charge in [-0.15, -0.1) is 0 Å². The third-order valence-corrected chi connectivity index (χ3v) is 8.72. The number of Topliss-reactive ketones (excluding diaryl/α,β-unsaturated/α-hetero) is 1. The molecule has 2 fully saturated rings. The van der Waals surface area contributed by atoms with E-state index in [1.54, 1.807) is 12.1 Å². The Hall–Kier alpha value is -3.14. The number of carbonyl (C=O) groups is 1. The summed E-state index contributed by atoms with van der Waals surface area (Å²) in [5, 5.41) is 0. The van der Waals surface area contributed by atoms with E-state index < -0.39 is 28.9 Å². The minimum absolute atomic E-state index is 0. The predicted octanol–water partition coefficient (Wildman–Crippen LogP) is 4.46. The summed E-state index contributed by atoms with van der Waals surface area (Å²) in [6, 6.07) is 20.7. The van der Waals surface area contributed by atoms with Crippen LogP contribution >= 0.6 is 0 Å². The number of ether oxygens (including phenoxy) is 2. The van der Waals surface area contributed by atoms with Crippen molar-refractivity contribution in [3.05, 3.63) is 77.9 Å². The van der Waals surface area contributed by atoms with E-state index in [9.17, 15) is 17.8 Å². The molecule has 0 spiro atoms. The molecule has 0 aromatic heterocycles. The summed E-state index contributed by atoms with van der Waals surface area (Å²) in [7, 11) is -1.61. The van der Waals surface area contributed by atoms with Crippen LogP contribution in [0, 0.1) is 0 Å². The minimum Gasteiger partial charge on any atom is -0.454 e. The van der Waals surface area contributed by atoms with E-state index in [0.717, 1.165) is 35.1 Å². The van der Waals surface area contributed by atoms with Gasteiger partial charge in [-0.05, 0) is 59.4 Å². The second-order valence-electron chi connectivity index (χ2n) is 9.69. The predicted molar refractivity (Wildman–Crippen MR) is 135 cm³/mol. The molecular weight excluding hydrogens is 500 g/mol. The number of carbonyl (C=O) groups excluding carboxylic acids is 1. The van der Waals surface area contributed by atoms with Gasteiger partial charge < -0.3 is 14.9 Å². The van der Waals surface area contributed by atoms with Crippen molar-refractivity contribution in [2.45, 2.75) is 41.9 Å². The highest BCUT2D eigenvalue weighted by Gasteiger charge is 2.50. The lowest BCUT2D eigenvalue weighted by molar-refractivity contribution is -0.120. The third kappa shape index (κ3) is 4.91. The monoisotopic (exact) mass is 527 g/mol. The maximum absolute atomic E-state index is 13.5. The maximum atomic E-state index is 13.5. The van der Waals surface area contributed by atoms with Crippen molar-refractivity contribution < 1.29 is 32.7 Å². The van der Waals surface area contributed by atoms with Gasteiger partial charge in [0.1, 0.15) is 16.8 Å². The van der Waals surface area contributed by atoms with Gasteiger partial charge in [-0.1, -0.05) is 42.5 Å². The van der Waals surface area contributed by atoms with Gasteiger partial charge in [-0.25, -0.2) is 17.3 Å². The Morgan fingerprint density at radius 3 is 2.38 bits per heavy atom. The quantitative estimate of drug-likeness (QED) is 0.454. The Labute approximate surface area is 216 Å². The molecule has 2 N–H and O–H groups in total. The van der Waals surface area contributed by atoms with Crippen LogP contribution in [0.3, 0.4) is 0 Å². The van der Waals surface area contributed by atoms with Crippen molar-refractivity contribution in [2.24, 2.45) is 0 Å². The van der Waals surface area contributed by atoms with Gasteiger partial charge in [-0.2, -0.15) is 0 Å². The topological polar surface area (TPSA) is 87.3 Å². The summed E-state index contributed by atoms with van der Waals surface area (Å²) in [6.45, 7) is -0.159. The van der Waals surface area contributed by atoms with Crippen LogP contribution in [0.5, 0.6) is 11.5 Å².